The molecule has 0 amide bonds. The Kier molecular flexibility index (Phi) is 7.20. The first-order valence-electron chi connectivity index (χ1n) is 8.98. The fourth-order valence-electron chi connectivity index (χ4n) is 3.61. The molecule has 2 N–H and O–H groups in total. The monoisotopic (exact) mass is 304 g/mol. The van der Waals surface area contributed by atoms with Gasteiger partial charge in [0.1, 0.15) is 5.75 Å². The first-order chi connectivity index (χ1) is 10.8. The van der Waals surface area contributed by atoms with Gasteiger partial charge in [-0.3, -0.25) is 4.90 Å². The predicted molar refractivity (Wildman–Crippen MR) is 93.3 cm³/mol. The van der Waals surface area contributed by atoms with Crippen LogP contribution in [0, 0.1) is 0 Å². The lowest BCUT2D eigenvalue weighted by atomic mass is 9.92. The zero-order valence-electron chi connectivity index (χ0n) is 14.3. The third-order valence-electron chi connectivity index (χ3n) is 4.77. The van der Waals surface area contributed by atoms with Gasteiger partial charge in [-0.15, -0.1) is 0 Å². The van der Waals surface area contributed by atoms with E-state index < -0.39 is 0 Å². The molecule has 0 bridgehead atoms. The fourth-order valence-corrected chi connectivity index (χ4v) is 3.61. The average Bonchev–Trinajstić information content (AvgIpc) is 2.59. The maximum atomic E-state index is 6.13. The van der Waals surface area contributed by atoms with Gasteiger partial charge in [0.15, 0.2) is 0 Å². The van der Waals surface area contributed by atoms with Gasteiger partial charge in [-0.25, -0.2) is 0 Å². The van der Waals surface area contributed by atoms with E-state index in [1.165, 1.54) is 37.7 Å². The number of hydrogen-bond donors (Lipinski definition) is 1. The Balaban J connectivity index is 2.07. The lowest BCUT2D eigenvalue weighted by Gasteiger charge is -2.39. The van der Waals surface area contributed by atoms with E-state index in [2.05, 4.69) is 43.0 Å². The van der Waals surface area contributed by atoms with Crippen molar-refractivity contribution < 1.29 is 4.74 Å². The van der Waals surface area contributed by atoms with Crippen molar-refractivity contribution in [1.29, 1.82) is 0 Å². The second-order valence-corrected chi connectivity index (χ2v) is 6.29. The van der Waals surface area contributed by atoms with Crippen molar-refractivity contribution in [1.82, 2.24) is 4.90 Å². The Labute approximate surface area is 135 Å². The summed E-state index contributed by atoms with van der Waals surface area (Å²) in [4.78, 5) is 2.61. The van der Waals surface area contributed by atoms with Crippen molar-refractivity contribution in [2.45, 2.75) is 64.5 Å². The van der Waals surface area contributed by atoms with Gasteiger partial charge >= 0.3 is 0 Å². The van der Waals surface area contributed by atoms with Crippen LogP contribution >= 0.6 is 0 Å². The van der Waals surface area contributed by atoms with Crippen LogP contribution in [0.3, 0.4) is 0 Å². The molecular formula is C19H32N2O. The highest BCUT2D eigenvalue weighted by atomic mass is 16.5. The molecule has 3 heteroatoms. The summed E-state index contributed by atoms with van der Waals surface area (Å²) in [6.45, 7) is 6.92. The van der Waals surface area contributed by atoms with Crippen LogP contribution in [0.15, 0.2) is 24.3 Å². The van der Waals surface area contributed by atoms with Gasteiger partial charge in [-0.2, -0.15) is 0 Å². The fraction of sp³-hybridized carbons (Fsp3) is 0.684. The summed E-state index contributed by atoms with van der Waals surface area (Å²) in [6.07, 6.45) is 7.80. The topological polar surface area (TPSA) is 38.5 Å². The Morgan fingerprint density at radius 3 is 2.36 bits per heavy atom. The van der Waals surface area contributed by atoms with Crippen LogP contribution in [-0.4, -0.2) is 30.6 Å². The molecular weight excluding hydrogens is 272 g/mol. The zero-order chi connectivity index (χ0) is 15.8. The molecule has 0 aliphatic heterocycles. The van der Waals surface area contributed by atoms with Crippen molar-refractivity contribution in [3.63, 3.8) is 0 Å². The summed E-state index contributed by atoms with van der Waals surface area (Å²) in [7, 11) is 0. The van der Waals surface area contributed by atoms with E-state index in [1.807, 2.05) is 0 Å². The molecule has 2 rings (SSSR count). The third-order valence-corrected chi connectivity index (χ3v) is 4.77. The van der Waals surface area contributed by atoms with Crippen LogP contribution in [0.25, 0.3) is 0 Å². The number of benzene rings is 1. The average molecular weight is 304 g/mol. The molecule has 1 atom stereocenters. The molecule has 1 unspecified atom stereocenters. The Morgan fingerprint density at radius 1 is 1.14 bits per heavy atom. The second-order valence-electron chi connectivity index (χ2n) is 6.29. The molecule has 124 valence electrons. The summed E-state index contributed by atoms with van der Waals surface area (Å²) in [5, 5.41) is 0. The minimum absolute atomic E-state index is 0.327. The van der Waals surface area contributed by atoms with E-state index in [0.29, 0.717) is 18.6 Å². The number of ether oxygens (including phenoxy) is 1. The summed E-state index contributed by atoms with van der Waals surface area (Å²) < 4.78 is 5.68. The van der Waals surface area contributed by atoms with E-state index in [4.69, 9.17) is 10.5 Å². The van der Waals surface area contributed by atoms with Crippen LogP contribution in [0.1, 0.15) is 64.0 Å². The molecule has 1 aromatic carbocycles. The first kappa shape index (κ1) is 17.3. The van der Waals surface area contributed by atoms with Crippen molar-refractivity contribution in [3.8, 4) is 5.75 Å². The van der Waals surface area contributed by atoms with Crippen LogP contribution < -0.4 is 10.5 Å². The van der Waals surface area contributed by atoms with Crippen molar-refractivity contribution in [3.05, 3.63) is 29.8 Å². The first-order valence-corrected chi connectivity index (χ1v) is 8.98. The molecule has 0 radical (unpaired) electrons. The molecule has 1 aliphatic carbocycles. The van der Waals surface area contributed by atoms with E-state index in [1.54, 1.807) is 0 Å². The van der Waals surface area contributed by atoms with Crippen LogP contribution in [0.2, 0.25) is 0 Å². The molecule has 1 aliphatic rings. The number of hydrogen-bond acceptors (Lipinski definition) is 3. The minimum atomic E-state index is 0.327. The molecule has 0 aromatic heterocycles. The summed E-state index contributed by atoms with van der Waals surface area (Å²) in [5.41, 5.74) is 7.45. The number of likely N-dealkylation sites (N-methyl/N-ethyl adjacent to an activating group) is 1. The maximum absolute atomic E-state index is 6.13. The van der Waals surface area contributed by atoms with Gasteiger partial charge in [-0.05, 0) is 43.5 Å². The highest BCUT2D eigenvalue weighted by molar-refractivity contribution is 5.29. The maximum Gasteiger partial charge on any atom is 0.119 e. The molecule has 1 saturated carbocycles. The SMILES string of the molecule is CCCOc1ccc(C(CN)N(CC)C2CCCCC2)cc1. The highest BCUT2D eigenvalue weighted by Gasteiger charge is 2.26. The van der Waals surface area contributed by atoms with Crippen LogP contribution in [-0.2, 0) is 0 Å². The molecule has 3 nitrogen and oxygen atoms in total. The molecule has 1 aromatic rings. The summed E-state index contributed by atoms with van der Waals surface area (Å²) in [5.74, 6) is 0.960. The Morgan fingerprint density at radius 2 is 1.82 bits per heavy atom. The Bertz CT molecular complexity index is 412. The normalized spacial score (nSPS) is 17.6. The van der Waals surface area contributed by atoms with Gasteiger partial charge in [-0.1, -0.05) is 45.2 Å². The third kappa shape index (κ3) is 4.47. The lowest BCUT2D eigenvalue weighted by Crippen LogP contribution is -2.42. The number of nitrogens with zero attached hydrogens (tertiary/aromatic N) is 1. The van der Waals surface area contributed by atoms with E-state index in [0.717, 1.165) is 25.3 Å². The summed E-state index contributed by atoms with van der Waals surface area (Å²) in [6, 6.07) is 9.57. The minimum Gasteiger partial charge on any atom is -0.494 e. The quantitative estimate of drug-likeness (QED) is 0.785. The van der Waals surface area contributed by atoms with E-state index in [9.17, 15) is 0 Å². The Hall–Kier alpha value is -1.06. The largest absolute Gasteiger partial charge is 0.494 e. The summed E-state index contributed by atoms with van der Waals surface area (Å²) >= 11 is 0. The lowest BCUT2D eigenvalue weighted by molar-refractivity contribution is 0.114. The predicted octanol–water partition coefficient (Wildman–Crippen LogP) is 4.13. The molecule has 22 heavy (non-hydrogen) atoms. The van der Waals surface area contributed by atoms with Crippen LogP contribution in [0.4, 0.5) is 0 Å². The van der Waals surface area contributed by atoms with Gasteiger partial charge in [0, 0.05) is 18.6 Å². The number of nitrogens with two attached hydrogens (primary N) is 1. The van der Waals surface area contributed by atoms with Gasteiger partial charge in [0.05, 0.1) is 6.61 Å². The zero-order valence-corrected chi connectivity index (χ0v) is 14.3. The van der Waals surface area contributed by atoms with Gasteiger partial charge < -0.3 is 10.5 Å². The van der Waals surface area contributed by atoms with E-state index >= 15 is 0 Å². The van der Waals surface area contributed by atoms with Crippen LogP contribution in [0.5, 0.6) is 5.75 Å². The van der Waals surface area contributed by atoms with Crippen molar-refractivity contribution in [2.24, 2.45) is 5.73 Å². The second kappa shape index (κ2) is 9.16. The van der Waals surface area contributed by atoms with E-state index in [-0.39, 0.29) is 0 Å². The molecule has 1 fully saturated rings. The molecule has 0 spiro atoms. The molecule has 0 heterocycles. The number of rotatable bonds is 8. The van der Waals surface area contributed by atoms with Crippen molar-refractivity contribution in [2.75, 3.05) is 19.7 Å². The molecule has 0 saturated heterocycles. The highest BCUT2D eigenvalue weighted by Crippen LogP contribution is 2.30. The van der Waals surface area contributed by atoms with Gasteiger partial charge in [0.25, 0.3) is 0 Å². The van der Waals surface area contributed by atoms with Gasteiger partial charge in [0.2, 0.25) is 0 Å². The van der Waals surface area contributed by atoms with Crippen molar-refractivity contribution >= 4 is 0 Å². The smallest absolute Gasteiger partial charge is 0.119 e. The standard InChI is InChI=1S/C19H32N2O/c1-3-14-22-18-12-10-16(11-13-18)19(15-20)21(4-2)17-8-6-5-7-9-17/h10-13,17,19H,3-9,14-15,20H2,1-2H3.